The molecule has 2 heteroatoms. The third-order valence-electron chi connectivity index (χ3n) is 3.11. The highest BCUT2D eigenvalue weighted by Crippen LogP contribution is 2.14. The third-order valence-corrected chi connectivity index (χ3v) is 3.11. The number of nitrogens with one attached hydrogen (secondary N) is 1. The summed E-state index contributed by atoms with van der Waals surface area (Å²) in [7, 11) is 0. The summed E-state index contributed by atoms with van der Waals surface area (Å²) in [6.07, 6.45) is 3.68. The lowest BCUT2D eigenvalue weighted by Crippen LogP contribution is -2.25. The molecule has 18 heavy (non-hydrogen) atoms. The van der Waals surface area contributed by atoms with E-state index < -0.39 is 0 Å². The molecule has 1 atom stereocenters. The highest BCUT2D eigenvalue weighted by molar-refractivity contribution is 5.24. The molecule has 1 rings (SSSR count). The Hall–Kier alpha value is -0.860. The minimum absolute atomic E-state index is 0.317. The summed E-state index contributed by atoms with van der Waals surface area (Å²) in [4.78, 5) is 0. The first kappa shape index (κ1) is 15.2. The summed E-state index contributed by atoms with van der Waals surface area (Å²) in [5.41, 5.74) is 2.62. The van der Waals surface area contributed by atoms with E-state index in [0.29, 0.717) is 6.04 Å². The molecule has 0 saturated heterocycles. The second-order valence-electron chi connectivity index (χ2n) is 4.80. The highest BCUT2D eigenvalue weighted by Gasteiger charge is 2.09. The predicted octanol–water partition coefficient (Wildman–Crippen LogP) is 3.85. The van der Waals surface area contributed by atoms with Crippen molar-refractivity contribution in [2.75, 3.05) is 19.8 Å². The van der Waals surface area contributed by atoms with Gasteiger partial charge in [0.05, 0.1) is 12.6 Å². The largest absolute Gasteiger partial charge is 0.379 e. The first-order valence-corrected chi connectivity index (χ1v) is 7.15. The average Bonchev–Trinajstić information content (AvgIpc) is 2.38. The minimum Gasteiger partial charge on any atom is -0.379 e. The van der Waals surface area contributed by atoms with E-state index in [1.807, 2.05) is 0 Å². The second kappa shape index (κ2) is 9.12. The topological polar surface area (TPSA) is 21.3 Å². The first-order chi connectivity index (χ1) is 8.77. The SMILES string of the molecule is CCCCCOCC(NCC)c1ccc(C)cc1. The second-order valence-corrected chi connectivity index (χ2v) is 4.80. The molecule has 0 aromatic heterocycles. The molecule has 2 nitrogen and oxygen atoms in total. The number of hydrogen-bond donors (Lipinski definition) is 1. The van der Waals surface area contributed by atoms with E-state index >= 15 is 0 Å². The van der Waals surface area contributed by atoms with Crippen LogP contribution in [0, 0.1) is 6.92 Å². The Labute approximate surface area is 112 Å². The monoisotopic (exact) mass is 249 g/mol. The van der Waals surface area contributed by atoms with Crippen LogP contribution in [0.25, 0.3) is 0 Å². The first-order valence-electron chi connectivity index (χ1n) is 7.15. The molecule has 0 fully saturated rings. The van der Waals surface area contributed by atoms with Crippen molar-refractivity contribution in [1.29, 1.82) is 0 Å². The maximum absolute atomic E-state index is 5.77. The van der Waals surface area contributed by atoms with Crippen LogP contribution in [0.1, 0.15) is 50.3 Å². The summed E-state index contributed by atoms with van der Waals surface area (Å²) < 4.78 is 5.77. The van der Waals surface area contributed by atoms with E-state index in [-0.39, 0.29) is 0 Å². The van der Waals surface area contributed by atoms with Crippen LogP contribution in [0.5, 0.6) is 0 Å². The number of rotatable bonds is 9. The molecule has 1 aromatic rings. The Bertz CT molecular complexity index is 307. The number of unbranched alkanes of at least 4 members (excludes halogenated alkanes) is 2. The van der Waals surface area contributed by atoms with Crippen LogP contribution in [0.15, 0.2) is 24.3 Å². The molecule has 0 spiro atoms. The van der Waals surface area contributed by atoms with Gasteiger partial charge in [-0.3, -0.25) is 0 Å². The van der Waals surface area contributed by atoms with Gasteiger partial charge >= 0.3 is 0 Å². The molecule has 0 aliphatic carbocycles. The maximum Gasteiger partial charge on any atom is 0.0661 e. The summed E-state index contributed by atoms with van der Waals surface area (Å²) in [5, 5.41) is 3.48. The molecule has 0 aliphatic heterocycles. The van der Waals surface area contributed by atoms with Gasteiger partial charge in [0.1, 0.15) is 0 Å². The Morgan fingerprint density at radius 1 is 1.11 bits per heavy atom. The van der Waals surface area contributed by atoms with Crippen molar-refractivity contribution < 1.29 is 4.74 Å². The van der Waals surface area contributed by atoms with E-state index in [4.69, 9.17) is 4.74 Å². The molecular weight excluding hydrogens is 222 g/mol. The number of hydrogen-bond acceptors (Lipinski definition) is 2. The van der Waals surface area contributed by atoms with E-state index in [0.717, 1.165) is 19.8 Å². The zero-order valence-electron chi connectivity index (χ0n) is 12.0. The van der Waals surface area contributed by atoms with Crippen molar-refractivity contribution in [1.82, 2.24) is 5.32 Å². The molecule has 1 aromatic carbocycles. The van der Waals surface area contributed by atoms with Crippen molar-refractivity contribution in [3.05, 3.63) is 35.4 Å². The van der Waals surface area contributed by atoms with Gasteiger partial charge in [0.15, 0.2) is 0 Å². The third kappa shape index (κ3) is 5.65. The maximum atomic E-state index is 5.77. The summed E-state index contributed by atoms with van der Waals surface area (Å²) in [5.74, 6) is 0. The number of benzene rings is 1. The minimum atomic E-state index is 0.317. The van der Waals surface area contributed by atoms with E-state index in [1.54, 1.807) is 0 Å². The van der Waals surface area contributed by atoms with E-state index in [1.165, 1.54) is 30.4 Å². The van der Waals surface area contributed by atoms with Crippen LogP contribution in [-0.2, 0) is 4.74 Å². The molecule has 0 radical (unpaired) electrons. The smallest absolute Gasteiger partial charge is 0.0661 e. The van der Waals surface area contributed by atoms with Crippen LogP contribution in [-0.4, -0.2) is 19.8 Å². The lowest BCUT2D eigenvalue weighted by atomic mass is 10.1. The normalized spacial score (nSPS) is 12.6. The molecule has 1 N–H and O–H groups in total. The Morgan fingerprint density at radius 3 is 2.44 bits per heavy atom. The molecule has 0 bridgehead atoms. The van der Waals surface area contributed by atoms with Gasteiger partial charge in [-0.25, -0.2) is 0 Å². The van der Waals surface area contributed by atoms with E-state index in [9.17, 15) is 0 Å². The molecule has 102 valence electrons. The Morgan fingerprint density at radius 2 is 1.83 bits per heavy atom. The number of ether oxygens (including phenoxy) is 1. The summed E-state index contributed by atoms with van der Waals surface area (Å²) >= 11 is 0. The van der Waals surface area contributed by atoms with Crippen LogP contribution in [0.2, 0.25) is 0 Å². The van der Waals surface area contributed by atoms with Gasteiger partial charge in [-0.1, -0.05) is 56.5 Å². The number of likely N-dealkylation sites (N-methyl/N-ethyl adjacent to an activating group) is 1. The fourth-order valence-corrected chi connectivity index (χ4v) is 1.97. The predicted molar refractivity (Wildman–Crippen MR) is 77.9 cm³/mol. The van der Waals surface area contributed by atoms with Crippen molar-refractivity contribution in [3.63, 3.8) is 0 Å². The van der Waals surface area contributed by atoms with Gasteiger partial charge in [0.2, 0.25) is 0 Å². The summed E-state index contributed by atoms with van der Waals surface area (Å²) in [6.45, 7) is 9.08. The molecular formula is C16H27NO. The van der Waals surface area contributed by atoms with Crippen LogP contribution >= 0.6 is 0 Å². The summed E-state index contributed by atoms with van der Waals surface area (Å²) in [6, 6.07) is 9.03. The van der Waals surface area contributed by atoms with Gasteiger partial charge in [-0.2, -0.15) is 0 Å². The zero-order chi connectivity index (χ0) is 13.2. The molecule has 0 heterocycles. The molecule has 0 aliphatic rings. The van der Waals surface area contributed by atoms with Crippen molar-refractivity contribution >= 4 is 0 Å². The van der Waals surface area contributed by atoms with Crippen LogP contribution in [0.3, 0.4) is 0 Å². The Kier molecular flexibility index (Phi) is 7.70. The van der Waals surface area contributed by atoms with Gasteiger partial charge in [-0.05, 0) is 25.5 Å². The lowest BCUT2D eigenvalue weighted by Gasteiger charge is -2.18. The van der Waals surface area contributed by atoms with Crippen molar-refractivity contribution in [3.8, 4) is 0 Å². The fourth-order valence-electron chi connectivity index (χ4n) is 1.97. The van der Waals surface area contributed by atoms with Crippen LogP contribution < -0.4 is 5.32 Å². The number of aryl methyl sites for hydroxylation is 1. The average molecular weight is 249 g/mol. The van der Waals surface area contributed by atoms with E-state index in [2.05, 4.69) is 50.4 Å². The van der Waals surface area contributed by atoms with Gasteiger partial charge in [0, 0.05) is 6.61 Å². The molecule has 0 saturated carbocycles. The standard InChI is InChI=1S/C16H27NO/c1-4-6-7-12-18-13-16(17-5-2)15-10-8-14(3)9-11-15/h8-11,16-17H,4-7,12-13H2,1-3H3. The Balaban J connectivity index is 2.41. The fraction of sp³-hybridized carbons (Fsp3) is 0.625. The highest BCUT2D eigenvalue weighted by atomic mass is 16.5. The van der Waals surface area contributed by atoms with Gasteiger partial charge < -0.3 is 10.1 Å². The van der Waals surface area contributed by atoms with Gasteiger partial charge in [0.25, 0.3) is 0 Å². The van der Waals surface area contributed by atoms with Crippen molar-refractivity contribution in [2.24, 2.45) is 0 Å². The molecule has 0 amide bonds. The molecule has 1 unspecified atom stereocenters. The zero-order valence-corrected chi connectivity index (χ0v) is 12.0. The van der Waals surface area contributed by atoms with Crippen LogP contribution in [0.4, 0.5) is 0 Å². The quantitative estimate of drug-likeness (QED) is 0.671. The van der Waals surface area contributed by atoms with Gasteiger partial charge in [-0.15, -0.1) is 0 Å². The lowest BCUT2D eigenvalue weighted by molar-refractivity contribution is 0.108. The van der Waals surface area contributed by atoms with Crippen molar-refractivity contribution in [2.45, 2.75) is 46.1 Å².